The lowest BCUT2D eigenvalue weighted by molar-refractivity contribution is 0.102. The molecule has 0 unspecified atom stereocenters. The molecular formula is C17H17N5O. The van der Waals surface area contributed by atoms with E-state index in [1.54, 1.807) is 29.4 Å². The van der Waals surface area contributed by atoms with Crippen LogP contribution in [0.2, 0.25) is 0 Å². The van der Waals surface area contributed by atoms with Crippen LogP contribution in [0.5, 0.6) is 0 Å². The van der Waals surface area contributed by atoms with Crippen LogP contribution in [-0.2, 0) is 0 Å². The van der Waals surface area contributed by atoms with Gasteiger partial charge in [0.05, 0.1) is 11.9 Å². The molecule has 3 aromatic rings. The quantitative estimate of drug-likeness (QED) is 0.804. The van der Waals surface area contributed by atoms with Crippen molar-refractivity contribution in [2.24, 2.45) is 0 Å². The van der Waals surface area contributed by atoms with E-state index >= 15 is 0 Å². The molecule has 0 spiro atoms. The summed E-state index contributed by atoms with van der Waals surface area (Å²) in [6, 6.07) is 11.1. The molecule has 6 heteroatoms. The molecule has 0 aliphatic carbocycles. The highest BCUT2D eigenvalue weighted by Crippen LogP contribution is 2.15. The molecule has 23 heavy (non-hydrogen) atoms. The summed E-state index contributed by atoms with van der Waals surface area (Å²) in [5, 5.41) is 2.85. The molecular weight excluding hydrogens is 290 g/mol. The van der Waals surface area contributed by atoms with Gasteiger partial charge in [-0.05, 0) is 30.3 Å². The molecule has 6 nitrogen and oxygen atoms in total. The Balaban J connectivity index is 1.74. The SMILES string of the molecule is CN(C)c1cccc(C(=O)Nc2ccc(-n3ccnc3)nc2)c1. The lowest BCUT2D eigenvalue weighted by Crippen LogP contribution is -2.14. The van der Waals surface area contributed by atoms with E-state index in [1.165, 1.54) is 0 Å². The van der Waals surface area contributed by atoms with Crippen LogP contribution in [0.3, 0.4) is 0 Å². The summed E-state index contributed by atoms with van der Waals surface area (Å²) in [5.41, 5.74) is 2.23. The summed E-state index contributed by atoms with van der Waals surface area (Å²) >= 11 is 0. The summed E-state index contributed by atoms with van der Waals surface area (Å²) in [6.07, 6.45) is 6.80. The molecule has 0 aliphatic rings. The molecule has 0 saturated heterocycles. The Morgan fingerprint density at radius 3 is 2.74 bits per heavy atom. The number of hydrogen-bond donors (Lipinski definition) is 1. The van der Waals surface area contributed by atoms with E-state index in [1.807, 2.05) is 55.5 Å². The van der Waals surface area contributed by atoms with Crippen LogP contribution in [0.4, 0.5) is 11.4 Å². The van der Waals surface area contributed by atoms with Gasteiger partial charge in [-0.15, -0.1) is 0 Å². The number of nitrogens with one attached hydrogen (secondary N) is 1. The van der Waals surface area contributed by atoms with Gasteiger partial charge in [-0.2, -0.15) is 0 Å². The van der Waals surface area contributed by atoms with Gasteiger partial charge in [0.1, 0.15) is 12.1 Å². The van der Waals surface area contributed by atoms with Crippen LogP contribution >= 0.6 is 0 Å². The zero-order chi connectivity index (χ0) is 16.2. The molecule has 0 saturated carbocycles. The van der Waals surface area contributed by atoms with E-state index in [9.17, 15) is 4.79 Å². The van der Waals surface area contributed by atoms with Crippen LogP contribution < -0.4 is 10.2 Å². The monoisotopic (exact) mass is 307 g/mol. The number of benzene rings is 1. The summed E-state index contributed by atoms with van der Waals surface area (Å²) in [7, 11) is 3.88. The predicted octanol–water partition coefficient (Wildman–Crippen LogP) is 2.59. The predicted molar refractivity (Wildman–Crippen MR) is 90.1 cm³/mol. The molecule has 1 amide bonds. The fraction of sp³-hybridized carbons (Fsp3) is 0.118. The highest BCUT2D eigenvalue weighted by Gasteiger charge is 2.08. The Labute approximate surface area is 134 Å². The van der Waals surface area contributed by atoms with Crippen molar-refractivity contribution in [3.8, 4) is 5.82 Å². The maximum atomic E-state index is 12.3. The number of hydrogen-bond acceptors (Lipinski definition) is 4. The van der Waals surface area contributed by atoms with Crippen molar-refractivity contribution in [1.82, 2.24) is 14.5 Å². The third-order valence-corrected chi connectivity index (χ3v) is 3.40. The minimum Gasteiger partial charge on any atom is -0.378 e. The Kier molecular flexibility index (Phi) is 4.05. The van der Waals surface area contributed by atoms with Crippen molar-refractivity contribution in [2.45, 2.75) is 0 Å². The van der Waals surface area contributed by atoms with Crippen LogP contribution in [0.15, 0.2) is 61.3 Å². The summed E-state index contributed by atoms with van der Waals surface area (Å²) < 4.78 is 1.80. The average molecular weight is 307 g/mol. The molecule has 0 bridgehead atoms. The first-order chi connectivity index (χ1) is 11.1. The second-order valence-corrected chi connectivity index (χ2v) is 5.27. The number of anilines is 2. The Bertz CT molecular complexity index is 794. The number of aromatic nitrogens is 3. The number of pyridine rings is 1. The molecule has 1 N–H and O–H groups in total. The third-order valence-electron chi connectivity index (χ3n) is 3.40. The molecule has 0 radical (unpaired) electrons. The van der Waals surface area contributed by atoms with E-state index in [0.717, 1.165) is 11.5 Å². The van der Waals surface area contributed by atoms with E-state index in [4.69, 9.17) is 0 Å². The molecule has 116 valence electrons. The van der Waals surface area contributed by atoms with Crippen molar-refractivity contribution >= 4 is 17.3 Å². The Hall–Kier alpha value is -3.15. The van der Waals surface area contributed by atoms with Gasteiger partial charge in [-0.25, -0.2) is 9.97 Å². The van der Waals surface area contributed by atoms with Crippen molar-refractivity contribution in [2.75, 3.05) is 24.3 Å². The highest BCUT2D eigenvalue weighted by atomic mass is 16.1. The summed E-state index contributed by atoms with van der Waals surface area (Å²) in [5.74, 6) is 0.584. The average Bonchev–Trinajstić information content (AvgIpc) is 3.10. The van der Waals surface area contributed by atoms with Gasteiger partial charge in [0.25, 0.3) is 5.91 Å². The zero-order valence-electron chi connectivity index (χ0n) is 13.0. The minimum atomic E-state index is -0.161. The first kappa shape index (κ1) is 14.8. The van der Waals surface area contributed by atoms with E-state index in [-0.39, 0.29) is 5.91 Å². The van der Waals surface area contributed by atoms with Gasteiger partial charge in [0.2, 0.25) is 0 Å². The van der Waals surface area contributed by atoms with Gasteiger partial charge >= 0.3 is 0 Å². The van der Waals surface area contributed by atoms with Crippen molar-refractivity contribution < 1.29 is 4.79 Å². The molecule has 2 heterocycles. The zero-order valence-corrected chi connectivity index (χ0v) is 13.0. The molecule has 0 atom stereocenters. The van der Waals surface area contributed by atoms with Crippen LogP contribution in [0.25, 0.3) is 5.82 Å². The van der Waals surface area contributed by atoms with Gasteiger partial charge in [0, 0.05) is 37.7 Å². The molecule has 0 fully saturated rings. The van der Waals surface area contributed by atoms with Crippen molar-refractivity contribution in [3.63, 3.8) is 0 Å². The molecule has 0 aliphatic heterocycles. The van der Waals surface area contributed by atoms with Gasteiger partial charge in [0.15, 0.2) is 0 Å². The smallest absolute Gasteiger partial charge is 0.255 e. The topological polar surface area (TPSA) is 63.1 Å². The Morgan fingerprint density at radius 2 is 2.09 bits per heavy atom. The number of carbonyl (C=O) groups is 1. The number of nitrogens with zero attached hydrogens (tertiary/aromatic N) is 4. The first-order valence-electron chi connectivity index (χ1n) is 7.16. The molecule has 1 aromatic carbocycles. The van der Waals surface area contributed by atoms with Crippen LogP contribution in [0.1, 0.15) is 10.4 Å². The fourth-order valence-corrected chi connectivity index (χ4v) is 2.14. The largest absolute Gasteiger partial charge is 0.378 e. The Morgan fingerprint density at radius 1 is 1.22 bits per heavy atom. The molecule has 2 aromatic heterocycles. The van der Waals surface area contributed by atoms with Crippen LogP contribution in [0, 0.1) is 0 Å². The minimum absolute atomic E-state index is 0.161. The molecule has 3 rings (SSSR count). The summed E-state index contributed by atoms with van der Waals surface area (Å²) in [4.78, 5) is 22.6. The van der Waals surface area contributed by atoms with E-state index in [2.05, 4.69) is 15.3 Å². The summed E-state index contributed by atoms with van der Waals surface area (Å²) in [6.45, 7) is 0. The maximum absolute atomic E-state index is 12.3. The normalized spacial score (nSPS) is 10.3. The second-order valence-electron chi connectivity index (χ2n) is 5.27. The number of amides is 1. The van der Waals surface area contributed by atoms with Gasteiger partial charge in [-0.1, -0.05) is 6.07 Å². The number of imidazole rings is 1. The van der Waals surface area contributed by atoms with Crippen molar-refractivity contribution in [1.29, 1.82) is 0 Å². The second kappa shape index (κ2) is 6.31. The van der Waals surface area contributed by atoms with Gasteiger partial charge < -0.3 is 10.2 Å². The van der Waals surface area contributed by atoms with Gasteiger partial charge in [-0.3, -0.25) is 9.36 Å². The lowest BCUT2D eigenvalue weighted by atomic mass is 10.2. The number of carbonyl (C=O) groups excluding carboxylic acids is 1. The standard InChI is InChI=1S/C17H17N5O/c1-21(2)15-5-3-4-13(10-15)17(23)20-14-6-7-16(19-11-14)22-9-8-18-12-22/h3-12H,1-2H3,(H,20,23). The van der Waals surface area contributed by atoms with Crippen molar-refractivity contribution in [3.05, 3.63) is 66.9 Å². The first-order valence-corrected chi connectivity index (χ1v) is 7.16. The maximum Gasteiger partial charge on any atom is 0.255 e. The highest BCUT2D eigenvalue weighted by molar-refractivity contribution is 6.04. The third kappa shape index (κ3) is 3.37. The lowest BCUT2D eigenvalue weighted by Gasteiger charge is -2.13. The van der Waals surface area contributed by atoms with E-state index < -0.39 is 0 Å². The van der Waals surface area contributed by atoms with E-state index in [0.29, 0.717) is 11.3 Å². The fourth-order valence-electron chi connectivity index (χ4n) is 2.14. The van der Waals surface area contributed by atoms with Crippen LogP contribution in [-0.4, -0.2) is 34.5 Å². The number of rotatable bonds is 4.